The number of hydrogen-bond acceptors (Lipinski definition) is 5. The molecule has 0 aromatic carbocycles. The maximum Gasteiger partial charge on any atom is 0.259 e. The monoisotopic (exact) mass is 303 g/mol. The van der Waals surface area contributed by atoms with Gasteiger partial charge in [-0.25, -0.2) is 0 Å². The number of carbonyl (C=O) groups excluding carboxylic acids is 1. The molecule has 1 amide bonds. The minimum atomic E-state index is -0.167. The topological polar surface area (TPSA) is 54.9 Å². The highest BCUT2D eigenvalue weighted by molar-refractivity contribution is 9.11. The van der Waals surface area contributed by atoms with Crippen molar-refractivity contribution >= 4 is 49.6 Å². The molecule has 15 heavy (non-hydrogen) atoms. The van der Waals surface area contributed by atoms with Crippen LogP contribution in [0.2, 0.25) is 0 Å². The number of thiophene rings is 1. The van der Waals surface area contributed by atoms with Crippen LogP contribution in [0.4, 0.5) is 5.13 Å². The maximum atomic E-state index is 11.7. The van der Waals surface area contributed by atoms with Crippen molar-refractivity contribution in [3.05, 3.63) is 25.8 Å². The van der Waals surface area contributed by atoms with Gasteiger partial charge in [0, 0.05) is 0 Å². The Morgan fingerprint density at radius 2 is 2.33 bits per heavy atom. The lowest BCUT2D eigenvalue weighted by Crippen LogP contribution is -2.11. The van der Waals surface area contributed by atoms with Crippen molar-refractivity contribution in [2.45, 2.75) is 6.92 Å². The first kappa shape index (κ1) is 10.7. The van der Waals surface area contributed by atoms with Crippen LogP contribution in [0.3, 0.4) is 0 Å². The minimum absolute atomic E-state index is 0.167. The van der Waals surface area contributed by atoms with E-state index in [4.69, 9.17) is 0 Å². The van der Waals surface area contributed by atoms with Gasteiger partial charge in [0.1, 0.15) is 5.01 Å². The third-order valence-electron chi connectivity index (χ3n) is 1.61. The summed E-state index contributed by atoms with van der Waals surface area (Å²) in [7, 11) is 0. The summed E-state index contributed by atoms with van der Waals surface area (Å²) in [6.45, 7) is 1.84. The molecule has 1 N–H and O–H groups in total. The molecule has 0 aliphatic carbocycles. The van der Waals surface area contributed by atoms with Gasteiger partial charge in [0.2, 0.25) is 5.13 Å². The number of rotatable bonds is 2. The molecule has 0 radical (unpaired) electrons. The van der Waals surface area contributed by atoms with E-state index in [0.717, 1.165) is 8.79 Å². The lowest BCUT2D eigenvalue weighted by molar-refractivity contribution is 0.102. The SMILES string of the molecule is Cc1nnc(NC(=O)c2ccsc2Br)s1. The van der Waals surface area contributed by atoms with Crippen molar-refractivity contribution < 1.29 is 4.79 Å². The zero-order valence-corrected chi connectivity index (χ0v) is 10.9. The van der Waals surface area contributed by atoms with Crippen molar-refractivity contribution in [1.82, 2.24) is 10.2 Å². The maximum absolute atomic E-state index is 11.7. The van der Waals surface area contributed by atoms with Crippen LogP contribution in [-0.4, -0.2) is 16.1 Å². The van der Waals surface area contributed by atoms with Gasteiger partial charge in [0.25, 0.3) is 5.91 Å². The Kier molecular flexibility index (Phi) is 3.13. The highest BCUT2D eigenvalue weighted by Gasteiger charge is 2.12. The number of nitrogens with zero attached hydrogens (tertiary/aromatic N) is 2. The number of anilines is 1. The molecule has 2 heterocycles. The van der Waals surface area contributed by atoms with Crippen molar-refractivity contribution in [1.29, 1.82) is 0 Å². The third kappa shape index (κ3) is 2.42. The molecule has 2 rings (SSSR count). The van der Waals surface area contributed by atoms with Crippen LogP contribution < -0.4 is 5.32 Å². The Bertz CT molecular complexity index is 494. The quantitative estimate of drug-likeness (QED) is 0.928. The summed E-state index contributed by atoms with van der Waals surface area (Å²) in [5.41, 5.74) is 0.618. The molecule has 0 aliphatic rings. The molecular weight excluding hydrogens is 298 g/mol. The number of aryl methyl sites for hydroxylation is 1. The summed E-state index contributed by atoms with van der Waals surface area (Å²) in [6.07, 6.45) is 0. The second-order valence-corrected chi connectivity index (χ2v) is 6.10. The molecule has 2 aromatic heterocycles. The van der Waals surface area contributed by atoms with E-state index in [9.17, 15) is 4.79 Å². The van der Waals surface area contributed by atoms with Crippen molar-refractivity contribution in [3.8, 4) is 0 Å². The highest BCUT2D eigenvalue weighted by atomic mass is 79.9. The van der Waals surface area contributed by atoms with E-state index in [2.05, 4.69) is 31.4 Å². The largest absolute Gasteiger partial charge is 0.296 e. The normalized spacial score (nSPS) is 10.3. The standard InChI is InChI=1S/C8H6BrN3OS2/c1-4-11-12-8(15-4)10-7(13)5-2-3-14-6(5)9/h2-3H,1H3,(H,10,12,13). The Balaban J connectivity index is 2.14. The molecule has 7 heteroatoms. The fraction of sp³-hybridized carbons (Fsp3) is 0.125. The number of amides is 1. The minimum Gasteiger partial charge on any atom is -0.296 e. The van der Waals surface area contributed by atoms with E-state index in [0.29, 0.717) is 10.7 Å². The van der Waals surface area contributed by atoms with Crippen LogP contribution in [0, 0.1) is 6.92 Å². The molecule has 0 bridgehead atoms. The van der Waals surface area contributed by atoms with Crippen molar-refractivity contribution in [2.24, 2.45) is 0 Å². The number of carbonyl (C=O) groups is 1. The van der Waals surface area contributed by atoms with Crippen molar-refractivity contribution in [2.75, 3.05) is 5.32 Å². The lowest BCUT2D eigenvalue weighted by atomic mass is 10.3. The zero-order valence-electron chi connectivity index (χ0n) is 7.65. The number of nitrogens with one attached hydrogen (secondary N) is 1. The van der Waals surface area contributed by atoms with Gasteiger partial charge in [-0.3, -0.25) is 10.1 Å². The molecule has 0 unspecified atom stereocenters. The fourth-order valence-electron chi connectivity index (χ4n) is 0.967. The summed E-state index contributed by atoms with van der Waals surface area (Å²) in [5, 5.41) is 13.5. The van der Waals surface area contributed by atoms with Gasteiger partial charge in [0.15, 0.2) is 0 Å². The Morgan fingerprint density at radius 3 is 2.87 bits per heavy atom. The van der Waals surface area contributed by atoms with E-state index < -0.39 is 0 Å². The first-order valence-corrected chi connectivity index (χ1v) is 6.50. The van der Waals surface area contributed by atoms with Gasteiger partial charge in [-0.1, -0.05) is 11.3 Å². The summed E-state index contributed by atoms with van der Waals surface area (Å²) in [4.78, 5) is 11.7. The number of aromatic nitrogens is 2. The van der Waals surface area contributed by atoms with E-state index in [1.807, 2.05) is 12.3 Å². The van der Waals surface area contributed by atoms with E-state index in [1.54, 1.807) is 6.07 Å². The first-order chi connectivity index (χ1) is 7.16. The summed E-state index contributed by atoms with van der Waals surface area (Å²) < 4.78 is 0.821. The second kappa shape index (κ2) is 4.38. The average molecular weight is 304 g/mol. The Morgan fingerprint density at radius 1 is 1.53 bits per heavy atom. The molecule has 4 nitrogen and oxygen atoms in total. The van der Waals surface area contributed by atoms with Crippen molar-refractivity contribution in [3.63, 3.8) is 0 Å². The second-order valence-electron chi connectivity index (χ2n) is 2.69. The summed E-state index contributed by atoms with van der Waals surface area (Å²) in [6, 6.07) is 1.76. The molecule has 0 aliphatic heterocycles. The predicted molar refractivity (Wildman–Crippen MR) is 64.6 cm³/mol. The lowest BCUT2D eigenvalue weighted by Gasteiger charge is -1.98. The Hall–Kier alpha value is -0.790. The predicted octanol–water partition coefficient (Wildman–Crippen LogP) is 2.92. The molecule has 0 spiro atoms. The van der Waals surface area contributed by atoms with Crippen LogP contribution in [0.15, 0.2) is 15.2 Å². The Labute approximate surface area is 102 Å². The molecule has 78 valence electrons. The van der Waals surface area contributed by atoms with Crippen LogP contribution >= 0.6 is 38.6 Å². The third-order valence-corrected chi connectivity index (χ3v) is 4.05. The molecule has 0 saturated carbocycles. The highest BCUT2D eigenvalue weighted by Crippen LogP contribution is 2.24. The fourth-order valence-corrected chi connectivity index (χ4v) is 2.80. The summed E-state index contributed by atoms with van der Waals surface area (Å²) >= 11 is 6.14. The first-order valence-electron chi connectivity index (χ1n) is 4.01. The van der Waals surface area contributed by atoms with Crippen LogP contribution in [0.5, 0.6) is 0 Å². The van der Waals surface area contributed by atoms with Crippen LogP contribution in [-0.2, 0) is 0 Å². The number of halogens is 1. The van der Waals surface area contributed by atoms with Crippen LogP contribution in [0.1, 0.15) is 15.4 Å². The van der Waals surface area contributed by atoms with E-state index in [-0.39, 0.29) is 5.91 Å². The summed E-state index contributed by atoms with van der Waals surface area (Å²) in [5.74, 6) is -0.167. The molecule has 2 aromatic rings. The van der Waals surface area contributed by atoms with Gasteiger partial charge in [-0.05, 0) is 34.3 Å². The van der Waals surface area contributed by atoms with Gasteiger partial charge in [-0.2, -0.15) is 0 Å². The zero-order chi connectivity index (χ0) is 10.8. The average Bonchev–Trinajstić information content (AvgIpc) is 2.75. The number of hydrogen-bond donors (Lipinski definition) is 1. The van der Waals surface area contributed by atoms with Gasteiger partial charge < -0.3 is 0 Å². The van der Waals surface area contributed by atoms with Gasteiger partial charge in [0.05, 0.1) is 9.35 Å². The molecular formula is C8H6BrN3OS2. The molecule has 0 saturated heterocycles. The molecule has 0 fully saturated rings. The smallest absolute Gasteiger partial charge is 0.259 e. The van der Waals surface area contributed by atoms with Gasteiger partial charge in [-0.15, -0.1) is 21.5 Å². The van der Waals surface area contributed by atoms with Crippen LogP contribution in [0.25, 0.3) is 0 Å². The molecule has 0 atom stereocenters. The van der Waals surface area contributed by atoms with Gasteiger partial charge >= 0.3 is 0 Å². The van der Waals surface area contributed by atoms with E-state index in [1.165, 1.54) is 22.7 Å². The van der Waals surface area contributed by atoms with E-state index >= 15 is 0 Å².